The summed E-state index contributed by atoms with van der Waals surface area (Å²) < 4.78 is 0. The first-order valence-electron chi connectivity index (χ1n) is 7.60. The molecule has 25 heavy (non-hydrogen) atoms. The van der Waals surface area contributed by atoms with Crippen LogP contribution < -0.4 is 5.43 Å². The fourth-order valence-electron chi connectivity index (χ4n) is 2.31. The first-order chi connectivity index (χ1) is 12.0. The summed E-state index contributed by atoms with van der Waals surface area (Å²) >= 11 is 0. The highest BCUT2D eigenvalue weighted by Gasteiger charge is 2.26. The van der Waals surface area contributed by atoms with E-state index in [4.69, 9.17) is 0 Å². The van der Waals surface area contributed by atoms with Crippen molar-refractivity contribution in [2.24, 2.45) is 5.10 Å². The van der Waals surface area contributed by atoms with Crippen LogP contribution in [-0.2, 0) is 0 Å². The number of rotatable bonds is 6. The van der Waals surface area contributed by atoms with Crippen LogP contribution in [0, 0.1) is 0 Å². The molecule has 2 aromatic heterocycles. The Kier molecular flexibility index (Phi) is 4.86. The Labute approximate surface area is 141 Å². The molecule has 0 aliphatic carbocycles. The van der Waals surface area contributed by atoms with E-state index in [1.807, 2.05) is 24.3 Å². The van der Waals surface area contributed by atoms with Crippen molar-refractivity contribution in [3.8, 4) is 0 Å². The average molecular weight is 346 g/mol. The van der Waals surface area contributed by atoms with Crippen molar-refractivity contribution in [1.29, 1.82) is 0 Å². The molecule has 0 bridgehead atoms. The molecule has 0 saturated carbocycles. The molecule has 10 nitrogen and oxygen atoms in total. The van der Waals surface area contributed by atoms with Gasteiger partial charge >= 0.3 is 0 Å². The van der Waals surface area contributed by atoms with E-state index in [0.29, 0.717) is 11.2 Å². The van der Waals surface area contributed by atoms with E-state index in [9.17, 15) is 20.4 Å². The van der Waals surface area contributed by atoms with Gasteiger partial charge in [0.05, 0.1) is 12.3 Å². The van der Waals surface area contributed by atoms with Gasteiger partial charge < -0.3 is 25.4 Å². The number of aliphatic hydroxyl groups excluding tert-OH is 4. The summed E-state index contributed by atoms with van der Waals surface area (Å²) in [5.41, 5.74) is 4.52. The van der Waals surface area contributed by atoms with Crippen LogP contribution in [0.4, 0.5) is 5.95 Å². The number of H-pyrrole nitrogens is 1. The van der Waals surface area contributed by atoms with Crippen molar-refractivity contribution in [3.63, 3.8) is 0 Å². The Morgan fingerprint density at radius 1 is 1.12 bits per heavy atom. The van der Waals surface area contributed by atoms with E-state index in [1.54, 1.807) is 0 Å². The highest BCUT2D eigenvalue weighted by atomic mass is 16.4. The second kappa shape index (κ2) is 7.07. The number of nitrogens with zero attached hydrogens (tertiary/aromatic N) is 4. The van der Waals surface area contributed by atoms with Crippen LogP contribution in [0.3, 0.4) is 0 Å². The number of aromatic amines is 1. The zero-order chi connectivity index (χ0) is 18.0. The summed E-state index contributed by atoms with van der Waals surface area (Å²) in [5, 5.41) is 50.6. The second-order valence-corrected chi connectivity index (χ2v) is 5.61. The molecule has 0 amide bonds. The topological polar surface area (TPSA) is 160 Å². The molecule has 3 aromatic rings. The third-order valence-corrected chi connectivity index (χ3v) is 3.71. The smallest absolute Gasteiger partial charge is 0.265 e. The minimum atomic E-state index is -1.58. The summed E-state index contributed by atoms with van der Waals surface area (Å²) in [6, 6.07) is 7.58. The maximum absolute atomic E-state index is 9.71. The number of aromatic nitrogens is 4. The maximum Gasteiger partial charge on any atom is 0.265 e. The van der Waals surface area contributed by atoms with E-state index >= 15 is 0 Å². The van der Waals surface area contributed by atoms with E-state index in [1.165, 1.54) is 6.92 Å². The molecule has 0 aliphatic heterocycles. The Bertz CT molecular complexity index is 896. The molecule has 4 unspecified atom stereocenters. The monoisotopic (exact) mass is 346 g/mol. The summed E-state index contributed by atoms with van der Waals surface area (Å²) in [7, 11) is 0. The molecule has 0 aliphatic rings. The number of para-hydroxylation sites is 1. The molecule has 1 aromatic carbocycles. The van der Waals surface area contributed by atoms with Gasteiger partial charge in [-0.3, -0.25) is 0 Å². The maximum atomic E-state index is 9.71. The predicted octanol–water partition coefficient (Wildman–Crippen LogP) is -0.633. The fourth-order valence-corrected chi connectivity index (χ4v) is 2.31. The van der Waals surface area contributed by atoms with Gasteiger partial charge in [0.1, 0.15) is 23.8 Å². The van der Waals surface area contributed by atoms with E-state index in [-0.39, 0.29) is 5.95 Å². The van der Waals surface area contributed by atoms with Crippen LogP contribution in [0.2, 0.25) is 0 Å². The quantitative estimate of drug-likeness (QED) is 0.254. The summed E-state index contributed by atoms with van der Waals surface area (Å²) in [5.74, 6) is 0.0908. The van der Waals surface area contributed by atoms with Crippen molar-refractivity contribution >= 4 is 34.2 Å². The average Bonchev–Trinajstić information content (AvgIpc) is 2.97. The second-order valence-electron chi connectivity index (χ2n) is 5.61. The highest BCUT2D eigenvalue weighted by molar-refractivity contribution is 6.03. The minimum absolute atomic E-state index is 0.0908. The van der Waals surface area contributed by atoms with Crippen LogP contribution >= 0.6 is 0 Å². The van der Waals surface area contributed by atoms with Gasteiger partial charge in [-0.25, -0.2) is 5.43 Å². The molecule has 6 N–H and O–H groups in total. The van der Waals surface area contributed by atoms with Crippen LogP contribution in [0.25, 0.3) is 22.1 Å². The molecule has 3 rings (SSSR count). The van der Waals surface area contributed by atoms with Crippen molar-refractivity contribution in [2.75, 3.05) is 5.43 Å². The zero-order valence-electron chi connectivity index (χ0n) is 13.3. The molecule has 0 radical (unpaired) electrons. The number of benzene rings is 1. The Morgan fingerprint density at radius 3 is 2.64 bits per heavy atom. The molecule has 0 fully saturated rings. The molecule has 10 heteroatoms. The first kappa shape index (κ1) is 17.2. The number of anilines is 1. The first-order valence-corrected chi connectivity index (χ1v) is 7.60. The van der Waals surface area contributed by atoms with Gasteiger partial charge in [0, 0.05) is 10.9 Å². The van der Waals surface area contributed by atoms with Gasteiger partial charge in [-0.15, -0.1) is 10.2 Å². The number of nitrogens with one attached hydrogen (secondary N) is 2. The van der Waals surface area contributed by atoms with Gasteiger partial charge in [-0.2, -0.15) is 10.1 Å². The number of aliphatic hydroxyl groups is 4. The lowest BCUT2D eigenvalue weighted by atomic mass is 10.1. The lowest BCUT2D eigenvalue weighted by Crippen LogP contribution is -2.44. The van der Waals surface area contributed by atoms with Crippen LogP contribution in [0.15, 0.2) is 29.4 Å². The highest BCUT2D eigenvalue weighted by Crippen LogP contribution is 2.21. The van der Waals surface area contributed by atoms with Crippen molar-refractivity contribution in [3.05, 3.63) is 24.3 Å². The molecule has 132 valence electrons. The number of hydrogen-bond acceptors (Lipinski definition) is 9. The SMILES string of the molecule is CC(O)C(O)C(O)C(O)/C=N/Nc1nnc2c(n1)[nH]c1ccccc12. The van der Waals surface area contributed by atoms with Crippen LogP contribution in [0.5, 0.6) is 0 Å². The van der Waals surface area contributed by atoms with Crippen LogP contribution in [0.1, 0.15) is 6.92 Å². The van der Waals surface area contributed by atoms with Gasteiger partial charge in [0.25, 0.3) is 5.95 Å². The van der Waals surface area contributed by atoms with Gasteiger partial charge in [0.15, 0.2) is 5.65 Å². The Hall–Kier alpha value is -2.66. The Morgan fingerprint density at radius 2 is 1.88 bits per heavy atom. The van der Waals surface area contributed by atoms with E-state index in [0.717, 1.165) is 17.1 Å². The predicted molar refractivity (Wildman–Crippen MR) is 91.0 cm³/mol. The molecule has 2 heterocycles. The third kappa shape index (κ3) is 3.56. The van der Waals surface area contributed by atoms with Crippen molar-refractivity contribution in [1.82, 2.24) is 20.2 Å². The van der Waals surface area contributed by atoms with Crippen molar-refractivity contribution < 1.29 is 20.4 Å². The van der Waals surface area contributed by atoms with Gasteiger partial charge in [0.2, 0.25) is 0 Å². The Balaban J connectivity index is 1.71. The zero-order valence-corrected chi connectivity index (χ0v) is 13.3. The summed E-state index contributed by atoms with van der Waals surface area (Å²) in [6.45, 7) is 1.30. The van der Waals surface area contributed by atoms with Crippen molar-refractivity contribution in [2.45, 2.75) is 31.3 Å². The van der Waals surface area contributed by atoms with Gasteiger partial charge in [-0.1, -0.05) is 18.2 Å². The standard InChI is InChI=1S/C15H18N6O4/c1-7(22)12(24)13(25)10(23)6-16-20-15-18-14-11(19-21-15)8-4-2-3-5-9(8)17-14/h2-7,10,12-13,22-25H,1H3,(H2,17,18,20,21)/b16-6+. The van der Waals surface area contributed by atoms with Gasteiger partial charge in [-0.05, 0) is 13.0 Å². The largest absolute Gasteiger partial charge is 0.391 e. The lowest BCUT2D eigenvalue weighted by molar-refractivity contribution is -0.0820. The molecular formula is C15H18N6O4. The number of hydrogen-bond donors (Lipinski definition) is 6. The number of hydrazone groups is 1. The summed E-state index contributed by atoms with van der Waals surface area (Å²) in [4.78, 5) is 7.34. The molecule has 4 atom stereocenters. The molecule has 0 saturated heterocycles. The molecular weight excluding hydrogens is 328 g/mol. The molecule has 0 spiro atoms. The minimum Gasteiger partial charge on any atom is -0.391 e. The normalized spacial score (nSPS) is 17.0. The number of fused-ring (bicyclic) bond motifs is 3. The van der Waals surface area contributed by atoms with Crippen LogP contribution in [-0.4, -0.2) is 71.2 Å². The summed E-state index contributed by atoms with van der Waals surface area (Å²) in [6.07, 6.45) is -4.79. The lowest BCUT2D eigenvalue weighted by Gasteiger charge is -2.22. The third-order valence-electron chi connectivity index (χ3n) is 3.71. The van der Waals surface area contributed by atoms with E-state index in [2.05, 4.69) is 30.7 Å². The fraction of sp³-hybridized carbons (Fsp3) is 0.333. The van der Waals surface area contributed by atoms with E-state index < -0.39 is 24.4 Å².